The van der Waals surface area contributed by atoms with Crippen molar-refractivity contribution < 1.29 is 4.18 Å². The molecule has 0 bridgehead atoms. The first-order valence-corrected chi connectivity index (χ1v) is 4.34. The summed E-state index contributed by atoms with van der Waals surface area (Å²) in [5.74, 6) is 0. The van der Waals surface area contributed by atoms with E-state index in [4.69, 9.17) is 4.18 Å². The highest BCUT2D eigenvalue weighted by molar-refractivity contribution is 7.75. The Kier molecular flexibility index (Phi) is 3.18. The molecule has 1 aromatic rings. The number of aryl methyl sites for hydroxylation is 3. The smallest absolute Gasteiger partial charge is 0.0866 e. The lowest BCUT2D eigenvalue weighted by Crippen LogP contribution is -1.94. The number of benzene rings is 1. The SMILES string of the molecule is Cc1cc(C)c(COS)c(C)c1. The van der Waals surface area contributed by atoms with Crippen LogP contribution in [-0.2, 0) is 10.8 Å². The van der Waals surface area contributed by atoms with E-state index in [2.05, 4.69) is 45.8 Å². The molecule has 66 valence electrons. The zero-order valence-corrected chi connectivity index (χ0v) is 8.61. The van der Waals surface area contributed by atoms with Gasteiger partial charge in [-0.2, -0.15) is 0 Å². The molecule has 0 atom stereocenters. The second-order valence-corrected chi connectivity index (χ2v) is 3.41. The van der Waals surface area contributed by atoms with Gasteiger partial charge in [0.25, 0.3) is 0 Å². The average Bonchev–Trinajstić information content (AvgIpc) is 1.96. The summed E-state index contributed by atoms with van der Waals surface area (Å²) in [6.45, 7) is 6.89. The Morgan fingerprint density at radius 1 is 1.17 bits per heavy atom. The first-order valence-electron chi connectivity index (χ1n) is 3.98. The minimum Gasteiger partial charge on any atom is -0.314 e. The average molecular weight is 182 g/mol. The van der Waals surface area contributed by atoms with Crippen molar-refractivity contribution in [2.75, 3.05) is 0 Å². The highest BCUT2D eigenvalue weighted by Crippen LogP contribution is 2.17. The predicted octanol–water partition coefficient (Wildman–Crippen LogP) is 2.97. The van der Waals surface area contributed by atoms with Crippen molar-refractivity contribution in [1.29, 1.82) is 0 Å². The molecule has 0 heterocycles. The summed E-state index contributed by atoms with van der Waals surface area (Å²) < 4.78 is 4.82. The van der Waals surface area contributed by atoms with Crippen LogP contribution in [0.5, 0.6) is 0 Å². The summed E-state index contributed by atoms with van der Waals surface area (Å²) >= 11 is 3.75. The summed E-state index contributed by atoms with van der Waals surface area (Å²) in [5.41, 5.74) is 5.10. The number of hydrogen-bond donors (Lipinski definition) is 1. The largest absolute Gasteiger partial charge is 0.314 e. The topological polar surface area (TPSA) is 9.23 Å². The molecule has 0 saturated heterocycles. The lowest BCUT2D eigenvalue weighted by atomic mass is 10.0. The van der Waals surface area contributed by atoms with Crippen LogP contribution in [-0.4, -0.2) is 0 Å². The zero-order chi connectivity index (χ0) is 9.14. The second-order valence-electron chi connectivity index (χ2n) is 3.15. The van der Waals surface area contributed by atoms with Crippen LogP contribution >= 0.6 is 12.9 Å². The minimum absolute atomic E-state index is 0.584. The molecule has 0 aliphatic carbocycles. The molecule has 0 spiro atoms. The highest BCUT2D eigenvalue weighted by Gasteiger charge is 2.02. The lowest BCUT2D eigenvalue weighted by Gasteiger charge is -2.09. The Morgan fingerprint density at radius 3 is 2.08 bits per heavy atom. The summed E-state index contributed by atoms with van der Waals surface area (Å²) in [7, 11) is 0. The molecule has 1 rings (SSSR count). The van der Waals surface area contributed by atoms with E-state index in [9.17, 15) is 0 Å². The normalized spacial score (nSPS) is 10.3. The zero-order valence-electron chi connectivity index (χ0n) is 7.72. The number of hydrogen-bond acceptors (Lipinski definition) is 2. The molecule has 0 radical (unpaired) electrons. The van der Waals surface area contributed by atoms with Gasteiger partial charge in [0.2, 0.25) is 0 Å². The van der Waals surface area contributed by atoms with Crippen LogP contribution in [0.4, 0.5) is 0 Å². The standard InChI is InChI=1S/C10H14OS/c1-7-4-8(2)10(6-11-12)9(3)5-7/h4-5,12H,6H2,1-3H3. The Morgan fingerprint density at radius 2 is 1.67 bits per heavy atom. The van der Waals surface area contributed by atoms with E-state index >= 15 is 0 Å². The van der Waals surface area contributed by atoms with Gasteiger partial charge in [0, 0.05) is 0 Å². The number of rotatable bonds is 2. The molecule has 0 aliphatic rings. The van der Waals surface area contributed by atoms with Crippen LogP contribution in [0.15, 0.2) is 12.1 Å². The molecule has 12 heavy (non-hydrogen) atoms. The molecule has 1 nitrogen and oxygen atoms in total. The molecule has 0 unspecified atom stereocenters. The third-order valence-electron chi connectivity index (χ3n) is 2.05. The maximum atomic E-state index is 4.82. The van der Waals surface area contributed by atoms with E-state index in [1.165, 1.54) is 22.3 Å². The van der Waals surface area contributed by atoms with E-state index in [1.807, 2.05) is 0 Å². The van der Waals surface area contributed by atoms with Gasteiger partial charge in [-0.05, 0) is 50.4 Å². The summed E-state index contributed by atoms with van der Waals surface area (Å²) in [4.78, 5) is 0. The van der Waals surface area contributed by atoms with Gasteiger partial charge in [-0.15, -0.1) is 0 Å². The Balaban J connectivity index is 3.10. The lowest BCUT2D eigenvalue weighted by molar-refractivity contribution is 0.369. The van der Waals surface area contributed by atoms with Gasteiger partial charge in [0.05, 0.1) is 6.61 Å². The van der Waals surface area contributed by atoms with Crippen LogP contribution in [0.3, 0.4) is 0 Å². The maximum Gasteiger partial charge on any atom is 0.0866 e. The van der Waals surface area contributed by atoms with Gasteiger partial charge >= 0.3 is 0 Å². The van der Waals surface area contributed by atoms with Crippen molar-refractivity contribution in [3.63, 3.8) is 0 Å². The van der Waals surface area contributed by atoms with E-state index in [0.29, 0.717) is 6.61 Å². The van der Waals surface area contributed by atoms with Crippen molar-refractivity contribution in [3.05, 3.63) is 34.4 Å². The number of thiol groups is 1. The van der Waals surface area contributed by atoms with E-state index < -0.39 is 0 Å². The van der Waals surface area contributed by atoms with Gasteiger partial charge in [0.15, 0.2) is 0 Å². The van der Waals surface area contributed by atoms with E-state index in [-0.39, 0.29) is 0 Å². The fraction of sp³-hybridized carbons (Fsp3) is 0.400. The van der Waals surface area contributed by atoms with Gasteiger partial charge in [0.1, 0.15) is 0 Å². The molecule has 0 amide bonds. The summed E-state index contributed by atoms with van der Waals surface area (Å²) in [5, 5.41) is 0. The molecule has 1 aromatic carbocycles. The van der Waals surface area contributed by atoms with Crippen molar-refractivity contribution in [2.24, 2.45) is 0 Å². The van der Waals surface area contributed by atoms with Gasteiger partial charge < -0.3 is 4.18 Å². The van der Waals surface area contributed by atoms with Crippen LogP contribution < -0.4 is 0 Å². The van der Waals surface area contributed by atoms with Gasteiger partial charge in [-0.3, -0.25) is 0 Å². The Bertz CT molecular complexity index is 258. The minimum atomic E-state index is 0.584. The van der Waals surface area contributed by atoms with Gasteiger partial charge in [-0.25, -0.2) is 0 Å². The van der Waals surface area contributed by atoms with Crippen LogP contribution in [0.25, 0.3) is 0 Å². The third-order valence-corrected chi connectivity index (χ3v) is 2.18. The maximum absolute atomic E-state index is 4.82. The third kappa shape index (κ3) is 2.02. The molecule has 0 fully saturated rings. The van der Waals surface area contributed by atoms with Gasteiger partial charge in [-0.1, -0.05) is 17.7 Å². The fourth-order valence-corrected chi connectivity index (χ4v) is 1.63. The molecule has 0 saturated carbocycles. The fourth-order valence-electron chi connectivity index (χ4n) is 1.50. The van der Waals surface area contributed by atoms with Crippen molar-refractivity contribution in [3.8, 4) is 0 Å². The Labute approximate surface area is 79.4 Å². The molecular weight excluding hydrogens is 168 g/mol. The van der Waals surface area contributed by atoms with Crippen LogP contribution in [0.2, 0.25) is 0 Å². The predicted molar refractivity (Wildman–Crippen MR) is 54.4 cm³/mol. The van der Waals surface area contributed by atoms with Crippen molar-refractivity contribution >= 4 is 12.9 Å². The quantitative estimate of drug-likeness (QED) is 0.546. The van der Waals surface area contributed by atoms with E-state index in [1.54, 1.807) is 0 Å². The summed E-state index contributed by atoms with van der Waals surface area (Å²) in [6, 6.07) is 4.32. The Hall–Kier alpha value is -0.470. The first-order chi connectivity index (χ1) is 5.65. The highest BCUT2D eigenvalue weighted by atomic mass is 32.1. The molecule has 0 aliphatic heterocycles. The second kappa shape index (κ2) is 3.97. The molecule has 2 heteroatoms. The van der Waals surface area contributed by atoms with Crippen molar-refractivity contribution in [2.45, 2.75) is 27.4 Å². The van der Waals surface area contributed by atoms with Crippen molar-refractivity contribution in [1.82, 2.24) is 0 Å². The van der Waals surface area contributed by atoms with Crippen LogP contribution in [0.1, 0.15) is 22.3 Å². The van der Waals surface area contributed by atoms with Crippen LogP contribution in [0, 0.1) is 20.8 Å². The molecule has 0 aromatic heterocycles. The summed E-state index contributed by atoms with van der Waals surface area (Å²) in [6.07, 6.45) is 0. The van der Waals surface area contributed by atoms with E-state index in [0.717, 1.165) is 0 Å². The molecular formula is C10H14OS. The molecule has 0 N–H and O–H groups in total. The first kappa shape index (κ1) is 9.62. The monoisotopic (exact) mass is 182 g/mol.